The summed E-state index contributed by atoms with van der Waals surface area (Å²) in [7, 11) is 4.64. The van der Waals surface area contributed by atoms with Gasteiger partial charge >= 0.3 is 5.91 Å². The van der Waals surface area contributed by atoms with Gasteiger partial charge in [0.2, 0.25) is 0 Å². The van der Waals surface area contributed by atoms with Gasteiger partial charge in [-0.2, -0.15) is 0 Å². The molecule has 1 N–H and O–H groups in total. The molecule has 0 spiro atoms. The number of carbonyl (C=O) groups is 2. The van der Waals surface area contributed by atoms with Crippen LogP contribution in [0.4, 0.5) is 5.13 Å². The molecule has 2 heterocycles. The summed E-state index contributed by atoms with van der Waals surface area (Å²) in [6.07, 6.45) is 0. The summed E-state index contributed by atoms with van der Waals surface area (Å²) in [5.74, 6) is 0.313. The number of methoxy groups -OCH3 is 3. The first kappa shape index (κ1) is 27.0. The molecule has 1 aliphatic rings. The van der Waals surface area contributed by atoms with E-state index < -0.39 is 17.7 Å². The summed E-state index contributed by atoms with van der Waals surface area (Å²) >= 11 is 1.25. The molecule has 1 atom stereocenters. The predicted molar refractivity (Wildman–Crippen MR) is 153 cm³/mol. The standard InChI is InChI=1S/C30H28N2O7S/c1-6-39-22-12-7-17(14-23(22)38-5)26-25(27(33)18-8-11-21(37-4)16(2)13-18)28(34)29(35)32(26)30-31-20-10-9-19(36-3)15-24(20)40-30/h7-15,26,33H,6H2,1-5H3/b27-25+/t26-/m0/s1. The fourth-order valence-corrected chi connectivity index (χ4v) is 5.80. The SMILES string of the molecule is CCOc1ccc([C@H]2/C(=C(\O)c3ccc(OC)c(C)c3)C(=O)C(=O)N2c2nc3ccc(OC)cc3s2)cc1OC. The molecular formula is C30H28N2O7S. The molecule has 4 aromatic rings. The number of thiazole rings is 1. The van der Waals surface area contributed by atoms with E-state index in [-0.39, 0.29) is 11.3 Å². The number of nitrogens with zero attached hydrogens (tertiary/aromatic N) is 2. The first-order valence-corrected chi connectivity index (χ1v) is 13.3. The van der Waals surface area contributed by atoms with Crippen molar-refractivity contribution in [3.8, 4) is 23.0 Å². The minimum atomic E-state index is -0.977. The van der Waals surface area contributed by atoms with Gasteiger partial charge in [-0.15, -0.1) is 0 Å². The molecule has 0 bridgehead atoms. The third kappa shape index (κ3) is 4.60. The minimum absolute atomic E-state index is 0.0578. The van der Waals surface area contributed by atoms with E-state index in [2.05, 4.69) is 4.98 Å². The van der Waals surface area contributed by atoms with Crippen molar-refractivity contribution < 1.29 is 33.6 Å². The molecule has 1 saturated heterocycles. The van der Waals surface area contributed by atoms with E-state index in [0.29, 0.717) is 51.4 Å². The Bertz CT molecular complexity index is 1660. The van der Waals surface area contributed by atoms with Crippen molar-refractivity contribution in [2.75, 3.05) is 32.8 Å². The molecule has 5 rings (SSSR count). The molecule has 9 nitrogen and oxygen atoms in total. The van der Waals surface area contributed by atoms with Gasteiger partial charge in [0, 0.05) is 5.56 Å². The molecule has 1 aromatic heterocycles. The van der Waals surface area contributed by atoms with Crippen LogP contribution in [-0.2, 0) is 9.59 Å². The number of aliphatic hydroxyl groups is 1. The first-order valence-electron chi connectivity index (χ1n) is 12.5. The highest BCUT2D eigenvalue weighted by atomic mass is 32.1. The van der Waals surface area contributed by atoms with E-state index in [0.717, 1.165) is 10.3 Å². The number of amides is 1. The number of aryl methyl sites for hydroxylation is 1. The molecule has 0 radical (unpaired) electrons. The number of benzene rings is 3. The fraction of sp³-hybridized carbons (Fsp3) is 0.233. The summed E-state index contributed by atoms with van der Waals surface area (Å²) in [6, 6.07) is 14.7. The fourth-order valence-electron chi connectivity index (χ4n) is 4.78. The summed E-state index contributed by atoms with van der Waals surface area (Å²) in [5.41, 5.74) is 2.28. The van der Waals surface area contributed by atoms with Gasteiger partial charge < -0.3 is 24.1 Å². The molecule has 3 aromatic carbocycles. The Morgan fingerprint density at radius 3 is 2.38 bits per heavy atom. The Labute approximate surface area is 235 Å². The van der Waals surface area contributed by atoms with Crippen molar-refractivity contribution in [1.82, 2.24) is 4.98 Å². The number of carbonyl (C=O) groups excluding carboxylic acids is 2. The van der Waals surface area contributed by atoms with Crippen LogP contribution < -0.4 is 23.8 Å². The summed E-state index contributed by atoms with van der Waals surface area (Å²) < 4.78 is 22.7. The lowest BCUT2D eigenvalue weighted by Gasteiger charge is -2.24. The van der Waals surface area contributed by atoms with Crippen molar-refractivity contribution in [1.29, 1.82) is 0 Å². The van der Waals surface area contributed by atoms with Crippen LogP contribution in [0.5, 0.6) is 23.0 Å². The van der Waals surface area contributed by atoms with Gasteiger partial charge in [0.1, 0.15) is 17.3 Å². The molecule has 0 aliphatic carbocycles. The maximum Gasteiger partial charge on any atom is 0.301 e. The Morgan fingerprint density at radius 1 is 0.950 bits per heavy atom. The van der Waals surface area contributed by atoms with Crippen molar-refractivity contribution in [3.05, 3.63) is 76.9 Å². The van der Waals surface area contributed by atoms with Crippen molar-refractivity contribution in [2.45, 2.75) is 19.9 Å². The molecule has 1 amide bonds. The predicted octanol–water partition coefficient (Wildman–Crippen LogP) is 5.66. The Balaban J connectivity index is 1.73. The van der Waals surface area contributed by atoms with E-state index in [9.17, 15) is 14.7 Å². The quantitative estimate of drug-likeness (QED) is 0.167. The highest BCUT2D eigenvalue weighted by Gasteiger charge is 2.48. The van der Waals surface area contributed by atoms with Gasteiger partial charge in [0.15, 0.2) is 16.6 Å². The lowest BCUT2D eigenvalue weighted by Crippen LogP contribution is -2.29. The molecule has 206 valence electrons. The molecule has 1 fully saturated rings. The van der Waals surface area contributed by atoms with Crippen molar-refractivity contribution in [2.24, 2.45) is 0 Å². The second-order valence-electron chi connectivity index (χ2n) is 9.03. The van der Waals surface area contributed by atoms with E-state index in [1.807, 2.05) is 19.9 Å². The monoisotopic (exact) mass is 560 g/mol. The molecule has 1 aliphatic heterocycles. The number of fused-ring (bicyclic) bond motifs is 1. The Kier molecular flexibility index (Phi) is 7.36. The number of ketones is 1. The zero-order valence-electron chi connectivity index (χ0n) is 22.7. The van der Waals surface area contributed by atoms with Crippen LogP contribution in [0.25, 0.3) is 16.0 Å². The van der Waals surface area contributed by atoms with Crippen molar-refractivity contribution >= 4 is 44.1 Å². The van der Waals surface area contributed by atoms with Crippen LogP contribution in [0.3, 0.4) is 0 Å². The lowest BCUT2D eigenvalue weighted by atomic mass is 9.94. The zero-order valence-corrected chi connectivity index (χ0v) is 23.5. The van der Waals surface area contributed by atoms with Gasteiger partial charge in [-0.3, -0.25) is 14.5 Å². The smallest absolute Gasteiger partial charge is 0.301 e. The molecule has 0 unspecified atom stereocenters. The number of hydrogen-bond donors (Lipinski definition) is 1. The van der Waals surface area contributed by atoms with Gasteiger partial charge in [0.05, 0.1) is 49.8 Å². The van der Waals surface area contributed by atoms with E-state index in [4.69, 9.17) is 18.9 Å². The Hall–Kier alpha value is -4.57. The number of aromatic nitrogens is 1. The Morgan fingerprint density at radius 2 is 1.70 bits per heavy atom. The summed E-state index contributed by atoms with van der Waals surface area (Å²) in [6.45, 7) is 4.12. The minimum Gasteiger partial charge on any atom is -0.507 e. The van der Waals surface area contributed by atoms with E-state index in [1.54, 1.807) is 62.8 Å². The van der Waals surface area contributed by atoms with Crippen LogP contribution in [0, 0.1) is 6.92 Å². The maximum absolute atomic E-state index is 13.6. The van der Waals surface area contributed by atoms with Crippen molar-refractivity contribution in [3.63, 3.8) is 0 Å². The third-order valence-electron chi connectivity index (χ3n) is 6.71. The lowest BCUT2D eigenvalue weighted by molar-refractivity contribution is -0.132. The second kappa shape index (κ2) is 10.9. The number of hydrogen-bond acceptors (Lipinski definition) is 9. The summed E-state index contributed by atoms with van der Waals surface area (Å²) in [4.78, 5) is 33.2. The molecule has 40 heavy (non-hydrogen) atoms. The van der Waals surface area contributed by atoms with Crippen LogP contribution in [-0.4, -0.2) is 49.7 Å². The number of rotatable bonds is 8. The van der Waals surface area contributed by atoms with Gasteiger partial charge in [0.25, 0.3) is 5.78 Å². The highest BCUT2D eigenvalue weighted by molar-refractivity contribution is 7.22. The van der Waals surface area contributed by atoms with Crippen LogP contribution in [0.15, 0.2) is 60.2 Å². The molecule has 0 saturated carbocycles. The van der Waals surface area contributed by atoms with Gasteiger partial charge in [-0.1, -0.05) is 17.4 Å². The topological polar surface area (TPSA) is 107 Å². The first-order chi connectivity index (χ1) is 19.3. The number of ether oxygens (including phenoxy) is 4. The highest BCUT2D eigenvalue weighted by Crippen LogP contribution is 2.46. The van der Waals surface area contributed by atoms with Gasteiger partial charge in [-0.25, -0.2) is 4.98 Å². The van der Waals surface area contributed by atoms with E-state index in [1.165, 1.54) is 23.3 Å². The number of aliphatic hydroxyl groups excluding tert-OH is 1. The number of Topliss-reactive ketones (excluding diaryl/α,β-unsaturated/α-hetero) is 1. The number of anilines is 1. The van der Waals surface area contributed by atoms with Crippen LogP contribution in [0.2, 0.25) is 0 Å². The zero-order chi connectivity index (χ0) is 28.6. The van der Waals surface area contributed by atoms with Gasteiger partial charge in [-0.05, 0) is 73.5 Å². The second-order valence-corrected chi connectivity index (χ2v) is 10.0. The van der Waals surface area contributed by atoms with E-state index >= 15 is 0 Å². The van der Waals surface area contributed by atoms with Crippen LogP contribution in [0.1, 0.15) is 29.7 Å². The average molecular weight is 561 g/mol. The molecular weight excluding hydrogens is 532 g/mol. The van der Waals surface area contributed by atoms with Crippen LogP contribution >= 0.6 is 11.3 Å². The average Bonchev–Trinajstić information content (AvgIpc) is 3.50. The maximum atomic E-state index is 13.6. The summed E-state index contributed by atoms with van der Waals surface area (Å²) in [5, 5.41) is 11.8. The third-order valence-corrected chi connectivity index (χ3v) is 7.72. The normalized spacial score (nSPS) is 16.4. The molecule has 10 heteroatoms. The largest absolute Gasteiger partial charge is 0.507 e.